The van der Waals surface area contributed by atoms with Crippen LogP contribution in [0.3, 0.4) is 0 Å². The minimum Gasteiger partial charge on any atom is -0.479 e. The number of aliphatic carboxylic acids is 1. The predicted molar refractivity (Wildman–Crippen MR) is 64.7 cm³/mol. The summed E-state index contributed by atoms with van der Waals surface area (Å²) in [6, 6.07) is 11.7. The molecule has 0 aliphatic carbocycles. The average Bonchev–Trinajstić information content (AvgIpc) is 2.36. The Labute approximate surface area is 104 Å². The zero-order valence-electron chi connectivity index (χ0n) is 9.24. The first-order chi connectivity index (χ1) is 8.50. The number of carbonyl (C=O) groups is 1. The number of benzene rings is 2. The van der Waals surface area contributed by atoms with Crippen LogP contribution in [0.2, 0.25) is 0 Å². The topological polar surface area (TPSA) is 80.7 Å². The summed E-state index contributed by atoms with van der Waals surface area (Å²) in [7, 11) is -4.06. The maximum atomic E-state index is 11.9. The van der Waals surface area contributed by atoms with Crippen LogP contribution in [0.15, 0.2) is 47.4 Å². The first-order valence-corrected chi connectivity index (χ1v) is 6.50. The highest BCUT2D eigenvalue weighted by Crippen LogP contribution is 2.24. The molecule has 2 aromatic carbocycles. The van der Waals surface area contributed by atoms with E-state index in [1.165, 1.54) is 6.07 Å². The number of carboxylic acids is 1. The normalized spacial score (nSPS) is 11.6. The van der Waals surface area contributed by atoms with Crippen LogP contribution in [0, 0.1) is 0 Å². The summed E-state index contributed by atoms with van der Waals surface area (Å²) in [5.41, 5.74) is 0. The average molecular weight is 266 g/mol. The number of hydrogen-bond donors (Lipinski definition) is 1. The Morgan fingerprint density at radius 3 is 2.50 bits per heavy atom. The van der Waals surface area contributed by atoms with E-state index in [1.54, 1.807) is 36.4 Å². The van der Waals surface area contributed by atoms with E-state index in [4.69, 9.17) is 5.11 Å². The minimum absolute atomic E-state index is 0.0261. The molecule has 0 aliphatic heterocycles. The molecule has 0 bridgehead atoms. The molecule has 2 aromatic rings. The van der Waals surface area contributed by atoms with Gasteiger partial charge in [-0.1, -0.05) is 36.4 Å². The maximum absolute atomic E-state index is 11.9. The molecule has 0 fully saturated rings. The second-order valence-corrected chi connectivity index (χ2v) is 5.17. The summed E-state index contributed by atoms with van der Waals surface area (Å²) in [6.45, 7) is -0.883. The van der Waals surface area contributed by atoms with Crippen molar-refractivity contribution in [1.82, 2.24) is 0 Å². The van der Waals surface area contributed by atoms with Crippen LogP contribution in [-0.4, -0.2) is 26.1 Å². The fourth-order valence-electron chi connectivity index (χ4n) is 1.61. The van der Waals surface area contributed by atoms with Gasteiger partial charge in [-0.2, -0.15) is 8.42 Å². The fraction of sp³-hybridized carbons (Fsp3) is 0.0833. The van der Waals surface area contributed by atoms with Crippen molar-refractivity contribution in [1.29, 1.82) is 0 Å². The zero-order valence-corrected chi connectivity index (χ0v) is 10.1. The van der Waals surface area contributed by atoms with Gasteiger partial charge < -0.3 is 5.11 Å². The maximum Gasteiger partial charge on any atom is 0.331 e. The third kappa shape index (κ3) is 2.49. The molecule has 2 rings (SSSR count). The lowest BCUT2D eigenvalue weighted by Gasteiger charge is -2.06. The van der Waals surface area contributed by atoms with Gasteiger partial charge in [0, 0.05) is 5.39 Å². The van der Waals surface area contributed by atoms with Gasteiger partial charge in [0.25, 0.3) is 10.1 Å². The van der Waals surface area contributed by atoms with Gasteiger partial charge in [-0.3, -0.25) is 4.18 Å². The van der Waals surface area contributed by atoms with Crippen molar-refractivity contribution < 1.29 is 22.5 Å². The quantitative estimate of drug-likeness (QED) is 0.851. The lowest BCUT2D eigenvalue weighted by molar-refractivity contribution is -0.139. The summed E-state index contributed by atoms with van der Waals surface area (Å²) in [6.07, 6.45) is 0. The highest BCUT2D eigenvalue weighted by atomic mass is 32.2. The standard InChI is InChI=1S/C12H10O5S/c13-12(14)8-17-18(15,16)11-7-3-5-9-4-1-2-6-10(9)11/h1-7H,8H2,(H,13,14). The van der Waals surface area contributed by atoms with Crippen molar-refractivity contribution in [3.05, 3.63) is 42.5 Å². The molecule has 0 saturated carbocycles. The molecule has 0 amide bonds. The monoisotopic (exact) mass is 266 g/mol. The lowest BCUT2D eigenvalue weighted by atomic mass is 10.1. The third-order valence-electron chi connectivity index (χ3n) is 2.36. The van der Waals surface area contributed by atoms with Gasteiger partial charge >= 0.3 is 5.97 Å². The van der Waals surface area contributed by atoms with E-state index in [1.807, 2.05) is 0 Å². The molecule has 0 heterocycles. The smallest absolute Gasteiger partial charge is 0.331 e. The Bertz CT molecular complexity index is 685. The summed E-state index contributed by atoms with van der Waals surface area (Å²) in [5.74, 6) is -1.33. The molecular formula is C12H10O5S. The van der Waals surface area contributed by atoms with Crippen LogP contribution in [0.25, 0.3) is 10.8 Å². The molecular weight excluding hydrogens is 256 g/mol. The number of carboxylic acid groups (broad SMARTS) is 1. The third-order valence-corrected chi connectivity index (χ3v) is 3.68. The van der Waals surface area contributed by atoms with Crippen LogP contribution in [0.5, 0.6) is 0 Å². The van der Waals surface area contributed by atoms with Crippen molar-refractivity contribution >= 4 is 26.9 Å². The largest absolute Gasteiger partial charge is 0.479 e. The van der Waals surface area contributed by atoms with Crippen molar-refractivity contribution in [2.75, 3.05) is 6.61 Å². The fourth-order valence-corrected chi connectivity index (χ4v) is 2.69. The summed E-state index contributed by atoms with van der Waals surface area (Å²) >= 11 is 0. The van der Waals surface area contributed by atoms with Gasteiger partial charge in [0.05, 0.1) is 0 Å². The lowest BCUT2D eigenvalue weighted by Crippen LogP contribution is -2.14. The SMILES string of the molecule is O=C(O)COS(=O)(=O)c1cccc2ccccc12. The molecule has 1 N–H and O–H groups in total. The van der Waals surface area contributed by atoms with Gasteiger partial charge in [0.1, 0.15) is 4.90 Å². The Balaban J connectivity index is 2.50. The van der Waals surface area contributed by atoms with Crippen LogP contribution < -0.4 is 0 Å². The minimum atomic E-state index is -4.06. The predicted octanol–water partition coefficient (Wildman–Crippen LogP) is 1.63. The molecule has 0 spiro atoms. The van der Waals surface area contributed by atoms with Crippen LogP contribution in [0.4, 0.5) is 0 Å². The van der Waals surface area contributed by atoms with E-state index < -0.39 is 22.7 Å². The van der Waals surface area contributed by atoms with Gasteiger partial charge in [-0.15, -0.1) is 0 Å². The summed E-state index contributed by atoms with van der Waals surface area (Å²) < 4.78 is 28.2. The molecule has 0 aliphatic rings. The first kappa shape index (κ1) is 12.5. The molecule has 0 unspecified atom stereocenters. The van der Waals surface area contributed by atoms with Crippen molar-refractivity contribution in [3.8, 4) is 0 Å². The molecule has 0 atom stereocenters. The van der Waals surface area contributed by atoms with Gasteiger partial charge in [-0.25, -0.2) is 4.79 Å². The van der Waals surface area contributed by atoms with Crippen LogP contribution in [0.1, 0.15) is 0 Å². The van der Waals surface area contributed by atoms with Gasteiger partial charge in [0.2, 0.25) is 0 Å². The second-order valence-electron chi connectivity index (χ2n) is 3.59. The number of rotatable bonds is 4. The van der Waals surface area contributed by atoms with E-state index in [0.29, 0.717) is 5.39 Å². The van der Waals surface area contributed by atoms with Crippen molar-refractivity contribution in [2.24, 2.45) is 0 Å². The number of fused-ring (bicyclic) bond motifs is 1. The van der Waals surface area contributed by atoms with E-state index in [2.05, 4.69) is 4.18 Å². The van der Waals surface area contributed by atoms with E-state index in [-0.39, 0.29) is 4.90 Å². The van der Waals surface area contributed by atoms with Crippen molar-refractivity contribution in [2.45, 2.75) is 4.90 Å². The molecule has 0 saturated heterocycles. The van der Waals surface area contributed by atoms with E-state index in [9.17, 15) is 13.2 Å². The highest BCUT2D eigenvalue weighted by molar-refractivity contribution is 7.87. The number of hydrogen-bond acceptors (Lipinski definition) is 4. The van der Waals surface area contributed by atoms with Gasteiger partial charge in [-0.05, 0) is 11.5 Å². The molecule has 0 radical (unpaired) electrons. The summed E-state index contributed by atoms with van der Waals surface area (Å²) in [4.78, 5) is 10.3. The van der Waals surface area contributed by atoms with E-state index >= 15 is 0 Å². The van der Waals surface area contributed by atoms with Crippen LogP contribution >= 0.6 is 0 Å². The Hall–Kier alpha value is -1.92. The summed E-state index contributed by atoms with van der Waals surface area (Å²) in [5, 5.41) is 9.70. The first-order valence-electron chi connectivity index (χ1n) is 5.10. The van der Waals surface area contributed by atoms with Gasteiger partial charge in [0.15, 0.2) is 6.61 Å². The zero-order chi connectivity index (χ0) is 13.2. The molecule has 5 nitrogen and oxygen atoms in total. The Kier molecular flexibility index (Phi) is 3.31. The van der Waals surface area contributed by atoms with E-state index in [0.717, 1.165) is 5.39 Å². The molecule has 18 heavy (non-hydrogen) atoms. The highest BCUT2D eigenvalue weighted by Gasteiger charge is 2.19. The Morgan fingerprint density at radius 2 is 1.78 bits per heavy atom. The van der Waals surface area contributed by atoms with Crippen LogP contribution in [-0.2, 0) is 19.1 Å². The molecule has 6 heteroatoms. The Morgan fingerprint density at radius 1 is 1.11 bits per heavy atom. The second kappa shape index (κ2) is 4.75. The van der Waals surface area contributed by atoms with Crippen molar-refractivity contribution in [3.63, 3.8) is 0 Å². The molecule has 94 valence electrons. The molecule has 0 aromatic heterocycles.